The fourth-order valence-corrected chi connectivity index (χ4v) is 2.71. The zero-order valence-corrected chi connectivity index (χ0v) is 11.5. The standard InChI is InChI=1S/C18H12F2N2/c19-12-2-5-16-11(9-12)1-4-14-15-10-13(20)3-6-17(15)22-18(14)7-8-21-16/h1-10,21-22H. The van der Waals surface area contributed by atoms with E-state index < -0.39 is 0 Å². The highest BCUT2D eigenvalue weighted by Crippen LogP contribution is 2.25. The molecule has 2 aromatic carbocycles. The van der Waals surface area contributed by atoms with Gasteiger partial charge in [-0.25, -0.2) is 8.78 Å². The quantitative estimate of drug-likeness (QED) is 0.446. The van der Waals surface area contributed by atoms with Gasteiger partial charge in [0.05, 0.1) is 0 Å². The first kappa shape index (κ1) is 12.8. The van der Waals surface area contributed by atoms with E-state index in [9.17, 15) is 8.78 Å². The number of H-pyrrole nitrogens is 2. The Kier molecular flexibility index (Phi) is 2.82. The van der Waals surface area contributed by atoms with Crippen LogP contribution in [-0.2, 0) is 0 Å². The maximum atomic E-state index is 13.5. The zero-order valence-electron chi connectivity index (χ0n) is 11.5. The summed E-state index contributed by atoms with van der Waals surface area (Å²) >= 11 is 0. The Hall–Kier alpha value is -2.88. The minimum Gasteiger partial charge on any atom is -0.361 e. The van der Waals surface area contributed by atoms with Gasteiger partial charge in [0.15, 0.2) is 0 Å². The van der Waals surface area contributed by atoms with Gasteiger partial charge in [-0.05, 0) is 42.5 Å². The number of fused-ring (bicyclic) bond motifs is 4. The van der Waals surface area contributed by atoms with E-state index in [1.54, 1.807) is 18.3 Å². The Balaban J connectivity index is 2.17. The monoisotopic (exact) mass is 294 g/mol. The molecule has 2 aromatic heterocycles. The van der Waals surface area contributed by atoms with Gasteiger partial charge < -0.3 is 9.97 Å². The first-order valence-corrected chi connectivity index (χ1v) is 6.93. The van der Waals surface area contributed by atoms with Crippen molar-refractivity contribution < 1.29 is 8.78 Å². The van der Waals surface area contributed by atoms with Crippen LogP contribution >= 0.6 is 0 Å². The van der Waals surface area contributed by atoms with Gasteiger partial charge in [-0.3, -0.25) is 0 Å². The third-order valence-electron chi connectivity index (χ3n) is 3.76. The van der Waals surface area contributed by atoms with Gasteiger partial charge in [0.25, 0.3) is 0 Å². The number of nitrogens with one attached hydrogen (secondary N) is 2. The molecule has 2 nitrogen and oxygen atoms in total. The first-order valence-electron chi connectivity index (χ1n) is 6.93. The van der Waals surface area contributed by atoms with E-state index >= 15 is 0 Å². The van der Waals surface area contributed by atoms with Crippen LogP contribution < -0.4 is 0 Å². The number of hydrogen-bond acceptors (Lipinski definition) is 0. The van der Waals surface area contributed by atoms with Crippen molar-refractivity contribution >= 4 is 32.7 Å². The molecule has 4 heteroatoms. The van der Waals surface area contributed by atoms with Gasteiger partial charge in [0.2, 0.25) is 0 Å². The predicted octanol–water partition coefficient (Wildman–Crippen LogP) is 5.21. The van der Waals surface area contributed by atoms with Crippen LogP contribution in [0.1, 0.15) is 0 Å². The van der Waals surface area contributed by atoms with Crippen molar-refractivity contribution in [3.63, 3.8) is 0 Å². The second-order valence-corrected chi connectivity index (χ2v) is 5.18. The van der Waals surface area contributed by atoms with Crippen molar-refractivity contribution in [2.24, 2.45) is 0 Å². The zero-order chi connectivity index (χ0) is 15.1. The highest BCUT2D eigenvalue weighted by Gasteiger charge is 2.03. The Labute approximate surface area is 124 Å². The van der Waals surface area contributed by atoms with Crippen molar-refractivity contribution in [1.82, 2.24) is 9.97 Å². The van der Waals surface area contributed by atoms with Crippen molar-refractivity contribution in [1.29, 1.82) is 0 Å². The van der Waals surface area contributed by atoms with Crippen molar-refractivity contribution in [3.8, 4) is 0 Å². The van der Waals surface area contributed by atoms with Crippen LogP contribution in [0.3, 0.4) is 0 Å². The Morgan fingerprint density at radius 3 is 2.23 bits per heavy atom. The molecule has 2 heterocycles. The van der Waals surface area contributed by atoms with E-state index in [1.165, 1.54) is 24.3 Å². The fourth-order valence-electron chi connectivity index (χ4n) is 2.71. The normalized spacial score (nSPS) is 11.2. The maximum absolute atomic E-state index is 13.5. The lowest BCUT2D eigenvalue weighted by atomic mass is 10.1. The molecule has 108 valence electrons. The van der Waals surface area contributed by atoms with Crippen LogP contribution in [0.4, 0.5) is 8.78 Å². The summed E-state index contributed by atoms with van der Waals surface area (Å²) in [7, 11) is 0. The average Bonchev–Trinajstić information content (AvgIpc) is 2.86. The summed E-state index contributed by atoms with van der Waals surface area (Å²) in [5.74, 6) is -0.574. The van der Waals surface area contributed by atoms with E-state index in [0.717, 1.165) is 32.7 Å². The second kappa shape index (κ2) is 4.84. The lowest BCUT2D eigenvalue weighted by Gasteiger charge is -1.93. The van der Waals surface area contributed by atoms with Crippen molar-refractivity contribution in [2.75, 3.05) is 0 Å². The van der Waals surface area contributed by atoms with Crippen LogP contribution in [-0.4, -0.2) is 9.97 Å². The van der Waals surface area contributed by atoms with E-state index in [2.05, 4.69) is 9.97 Å². The molecule has 0 amide bonds. The van der Waals surface area contributed by atoms with Crippen molar-refractivity contribution in [2.45, 2.75) is 0 Å². The molecular formula is C18H12F2N2. The summed E-state index contributed by atoms with van der Waals surface area (Å²) < 4.78 is 27.0. The van der Waals surface area contributed by atoms with Crippen molar-refractivity contribution in [3.05, 3.63) is 72.4 Å². The van der Waals surface area contributed by atoms with E-state index in [4.69, 9.17) is 0 Å². The summed E-state index contributed by atoms with van der Waals surface area (Å²) in [4.78, 5) is 6.39. The van der Waals surface area contributed by atoms with Crippen LogP contribution in [0.2, 0.25) is 0 Å². The molecule has 0 aliphatic rings. The lowest BCUT2D eigenvalue weighted by molar-refractivity contribution is 0.629. The number of aromatic amines is 2. The van der Waals surface area contributed by atoms with Gasteiger partial charge in [-0.2, -0.15) is 0 Å². The molecule has 0 aliphatic carbocycles. The van der Waals surface area contributed by atoms with Gasteiger partial charge >= 0.3 is 0 Å². The molecule has 0 radical (unpaired) electrons. The van der Waals surface area contributed by atoms with Gasteiger partial charge in [-0.15, -0.1) is 0 Å². The smallest absolute Gasteiger partial charge is 0.123 e. The summed E-state index contributed by atoms with van der Waals surface area (Å²) in [6.45, 7) is 0. The Morgan fingerprint density at radius 2 is 1.36 bits per heavy atom. The third-order valence-corrected chi connectivity index (χ3v) is 3.76. The third kappa shape index (κ3) is 2.09. The number of aromatic nitrogens is 2. The van der Waals surface area contributed by atoms with Gasteiger partial charge in [0, 0.05) is 38.9 Å². The number of rotatable bonds is 0. The SMILES string of the molecule is Fc1ccc2[nH]ccc3[nH]c4ccc(F)cc4c3ccc2c1. The van der Waals surface area contributed by atoms with Crippen LogP contribution in [0.5, 0.6) is 0 Å². The second-order valence-electron chi connectivity index (χ2n) is 5.18. The first-order chi connectivity index (χ1) is 10.7. The molecule has 0 atom stereocenters. The maximum Gasteiger partial charge on any atom is 0.123 e. The fraction of sp³-hybridized carbons (Fsp3) is 0. The highest BCUT2D eigenvalue weighted by molar-refractivity contribution is 6.07. The molecule has 4 rings (SSSR count). The predicted molar refractivity (Wildman–Crippen MR) is 85.2 cm³/mol. The number of hydrogen-bond donors (Lipinski definition) is 2. The largest absolute Gasteiger partial charge is 0.361 e. The molecule has 0 spiro atoms. The highest BCUT2D eigenvalue weighted by atomic mass is 19.1. The molecule has 0 fully saturated rings. The summed E-state index contributed by atoms with van der Waals surface area (Å²) in [5, 5.41) is 2.42. The van der Waals surface area contributed by atoms with E-state index in [-0.39, 0.29) is 11.6 Å². The minimum absolute atomic E-state index is 0.281. The minimum atomic E-state index is -0.293. The molecular weight excluding hydrogens is 282 g/mol. The van der Waals surface area contributed by atoms with E-state index in [0.29, 0.717) is 0 Å². The van der Waals surface area contributed by atoms with Gasteiger partial charge in [-0.1, -0.05) is 12.1 Å². The van der Waals surface area contributed by atoms with E-state index in [1.807, 2.05) is 18.2 Å². The number of benzene rings is 2. The Bertz CT molecular complexity index is 1050. The summed E-state index contributed by atoms with van der Waals surface area (Å²) in [5.41, 5.74) is 2.55. The summed E-state index contributed by atoms with van der Waals surface area (Å²) in [6, 6.07) is 14.8. The summed E-state index contributed by atoms with van der Waals surface area (Å²) in [6.07, 6.45) is 1.79. The average molecular weight is 294 g/mol. The van der Waals surface area contributed by atoms with Crippen LogP contribution in [0, 0.1) is 11.6 Å². The van der Waals surface area contributed by atoms with Crippen LogP contribution in [0.15, 0.2) is 60.8 Å². The molecule has 0 saturated carbocycles. The molecule has 0 unspecified atom stereocenters. The topological polar surface area (TPSA) is 31.6 Å². The molecule has 22 heavy (non-hydrogen) atoms. The molecule has 0 aliphatic heterocycles. The molecule has 0 bridgehead atoms. The van der Waals surface area contributed by atoms with Crippen LogP contribution in [0.25, 0.3) is 32.7 Å². The van der Waals surface area contributed by atoms with Gasteiger partial charge in [0.1, 0.15) is 11.6 Å². The molecule has 4 aromatic rings. The Morgan fingerprint density at radius 1 is 0.636 bits per heavy atom. The lowest BCUT2D eigenvalue weighted by Crippen LogP contribution is -1.75. The molecule has 0 saturated heterocycles. The number of halogens is 2. The molecule has 2 N–H and O–H groups in total.